The number of aromatic nitrogens is 3. The fourth-order valence-electron chi connectivity index (χ4n) is 4.33. The zero-order valence-electron chi connectivity index (χ0n) is 16.3. The van der Waals surface area contributed by atoms with Gasteiger partial charge in [0.25, 0.3) is 0 Å². The molecule has 28 heavy (non-hydrogen) atoms. The van der Waals surface area contributed by atoms with E-state index < -0.39 is 15.4 Å². The number of ether oxygens (including phenoxy) is 1. The smallest absolute Gasteiger partial charge is 0.235 e. The highest BCUT2D eigenvalue weighted by molar-refractivity contribution is 7.89. The van der Waals surface area contributed by atoms with Crippen LogP contribution >= 0.6 is 0 Å². The quantitative estimate of drug-likeness (QED) is 0.694. The van der Waals surface area contributed by atoms with Crippen molar-refractivity contribution in [3.63, 3.8) is 0 Å². The van der Waals surface area contributed by atoms with E-state index in [4.69, 9.17) is 9.26 Å². The topological polar surface area (TPSA) is 102 Å². The molecule has 152 valence electrons. The van der Waals surface area contributed by atoms with Crippen LogP contribution in [0.2, 0.25) is 0 Å². The molecule has 0 aliphatic carbocycles. The Bertz CT molecular complexity index is 962. The van der Waals surface area contributed by atoms with E-state index in [0.717, 1.165) is 12.2 Å². The van der Waals surface area contributed by atoms with Crippen LogP contribution in [0.5, 0.6) is 5.88 Å². The summed E-state index contributed by atoms with van der Waals surface area (Å²) in [6.07, 6.45) is 0. The van der Waals surface area contributed by atoms with Crippen molar-refractivity contribution in [2.75, 3.05) is 39.0 Å². The number of rotatable bonds is 6. The van der Waals surface area contributed by atoms with Gasteiger partial charge in [0.05, 0.1) is 24.0 Å². The minimum Gasteiger partial charge on any atom is -0.481 e. The number of fused-ring (bicyclic) bond motifs is 1. The first-order valence-electron chi connectivity index (χ1n) is 9.37. The van der Waals surface area contributed by atoms with Crippen LogP contribution in [0.15, 0.2) is 22.7 Å². The molecule has 2 aliphatic heterocycles. The zero-order chi connectivity index (χ0) is 19.9. The van der Waals surface area contributed by atoms with Gasteiger partial charge < -0.3 is 9.26 Å². The van der Waals surface area contributed by atoms with E-state index in [1.54, 1.807) is 25.3 Å². The summed E-state index contributed by atoms with van der Waals surface area (Å²) in [5.74, 6) is 1.87. The SMILES string of the molecule is CCS(=O)(=O)N1C[C@@H]2CN(Cc3cccc(OC)n3)C[C@]2(c2nc(C)no2)C1. The maximum absolute atomic E-state index is 12.5. The second-order valence-electron chi connectivity index (χ2n) is 7.53. The van der Waals surface area contributed by atoms with Gasteiger partial charge in [-0.2, -0.15) is 4.98 Å². The van der Waals surface area contributed by atoms with Crippen molar-refractivity contribution in [2.24, 2.45) is 5.92 Å². The van der Waals surface area contributed by atoms with Gasteiger partial charge in [0.2, 0.25) is 21.8 Å². The fraction of sp³-hybridized carbons (Fsp3) is 0.611. The zero-order valence-corrected chi connectivity index (χ0v) is 17.1. The third-order valence-corrected chi connectivity index (χ3v) is 7.53. The predicted molar refractivity (Wildman–Crippen MR) is 101 cm³/mol. The molecular weight excluding hydrogens is 382 g/mol. The second kappa shape index (κ2) is 7.09. The highest BCUT2D eigenvalue weighted by Gasteiger charge is 2.58. The number of hydrogen-bond acceptors (Lipinski definition) is 8. The Morgan fingerprint density at radius 3 is 2.79 bits per heavy atom. The van der Waals surface area contributed by atoms with Crippen LogP contribution in [0, 0.1) is 12.8 Å². The summed E-state index contributed by atoms with van der Waals surface area (Å²) < 4.78 is 37.3. The summed E-state index contributed by atoms with van der Waals surface area (Å²) in [6, 6.07) is 5.71. The summed E-state index contributed by atoms with van der Waals surface area (Å²) in [4.78, 5) is 11.2. The Balaban J connectivity index is 1.61. The van der Waals surface area contributed by atoms with E-state index in [-0.39, 0.29) is 11.7 Å². The lowest BCUT2D eigenvalue weighted by Crippen LogP contribution is -2.40. The van der Waals surface area contributed by atoms with E-state index in [9.17, 15) is 8.42 Å². The molecule has 10 heteroatoms. The van der Waals surface area contributed by atoms with E-state index >= 15 is 0 Å². The number of hydrogen-bond donors (Lipinski definition) is 0. The first-order chi connectivity index (χ1) is 13.4. The molecule has 2 aromatic rings. The molecule has 4 heterocycles. The molecule has 4 rings (SSSR count). The van der Waals surface area contributed by atoms with E-state index in [1.165, 1.54) is 0 Å². The van der Waals surface area contributed by atoms with Crippen molar-refractivity contribution in [2.45, 2.75) is 25.8 Å². The van der Waals surface area contributed by atoms with Gasteiger partial charge in [0, 0.05) is 44.7 Å². The second-order valence-corrected chi connectivity index (χ2v) is 9.79. The third-order valence-electron chi connectivity index (χ3n) is 5.74. The monoisotopic (exact) mass is 407 g/mol. The molecule has 2 aromatic heterocycles. The molecule has 0 saturated carbocycles. The summed E-state index contributed by atoms with van der Waals surface area (Å²) in [7, 11) is -1.67. The average Bonchev–Trinajstić information content (AvgIpc) is 3.34. The van der Waals surface area contributed by atoms with Gasteiger partial charge >= 0.3 is 0 Å². The van der Waals surface area contributed by atoms with Crippen LogP contribution in [-0.2, 0) is 22.0 Å². The molecule has 2 atom stereocenters. The molecule has 0 N–H and O–H groups in total. The van der Waals surface area contributed by atoms with Crippen molar-refractivity contribution >= 4 is 10.0 Å². The van der Waals surface area contributed by atoms with E-state index in [2.05, 4.69) is 20.0 Å². The summed E-state index contributed by atoms with van der Waals surface area (Å²) in [5, 5.41) is 3.95. The summed E-state index contributed by atoms with van der Waals surface area (Å²) in [5.41, 5.74) is 0.428. The molecule has 9 nitrogen and oxygen atoms in total. The Morgan fingerprint density at radius 2 is 2.11 bits per heavy atom. The van der Waals surface area contributed by atoms with Gasteiger partial charge in [-0.25, -0.2) is 17.7 Å². The minimum absolute atomic E-state index is 0.0934. The number of pyridine rings is 1. The normalized spacial score (nSPS) is 25.9. The number of sulfonamides is 1. The maximum Gasteiger partial charge on any atom is 0.235 e. The molecule has 0 unspecified atom stereocenters. The summed E-state index contributed by atoms with van der Waals surface area (Å²) in [6.45, 7) is 6.35. The van der Waals surface area contributed by atoms with E-state index in [1.807, 2.05) is 18.2 Å². The Kier molecular flexibility index (Phi) is 4.88. The highest BCUT2D eigenvalue weighted by atomic mass is 32.2. The van der Waals surface area contributed by atoms with E-state index in [0.29, 0.717) is 43.8 Å². The Morgan fingerprint density at radius 1 is 1.29 bits per heavy atom. The van der Waals surface area contributed by atoms with Gasteiger partial charge in [-0.05, 0) is 19.9 Å². The number of methoxy groups -OCH3 is 1. The largest absolute Gasteiger partial charge is 0.481 e. The molecule has 0 aromatic carbocycles. The number of likely N-dealkylation sites (tertiary alicyclic amines) is 1. The van der Waals surface area contributed by atoms with Crippen LogP contribution < -0.4 is 4.74 Å². The maximum atomic E-state index is 12.5. The Hall–Kier alpha value is -2.04. The molecule has 2 saturated heterocycles. The van der Waals surface area contributed by atoms with Gasteiger partial charge in [0.1, 0.15) is 0 Å². The summed E-state index contributed by atoms with van der Waals surface area (Å²) >= 11 is 0. The van der Waals surface area contributed by atoms with Crippen LogP contribution in [0.4, 0.5) is 0 Å². The molecular formula is C18H25N5O4S. The third kappa shape index (κ3) is 3.29. The number of nitrogens with zero attached hydrogens (tertiary/aromatic N) is 5. The van der Waals surface area contributed by atoms with Crippen molar-refractivity contribution in [3.8, 4) is 5.88 Å². The van der Waals surface area contributed by atoms with Crippen molar-refractivity contribution in [1.29, 1.82) is 0 Å². The molecule has 0 amide bonds. The Labute approximate surface area is 164 Å². The van der Waals surface area contributed by atoms with Gasteiger partial charge in [-0.3, -0.25) is 4.90 Å². The average molecular weight is 407 g/mol. The first-order valence-corrected chi connectivity index (χ1v) is 11.0. The lowest BCUT2D eigenvalue weighted by molar-refractivity contribution is 0.242. The van der Waals surface area contributed by atoms with Crippen molar-refractivity contribution < 1.29 is 17.7 Å². The molecule has 0 bridgehead atoms. The fourth-order valence-corrected chi connectivity index (χ4v) is 5.53. The molecule has 0 spiro atoms. The first kappa shape index (κ1) is 19.3. The van der Waals surface area contributed by atoms with Crippen LogP contribution in [0.1, 0.15) is 24.3 Å². The van der Waals surface area contributed by atoms with Crippen LogP contribution in [0.25, 0.3) is 0 Å². The lowest BCUT2D eigenvalue weighted by atomic mass is 9.81. The standard InChI is InChI=1S/C18H25N5O4S/c1-4-28(24,25)23-9-14-8-22(10-15-6-5-7-16(20-15)26-3)11-18(14,12-23)17-19-13(2)21-27-17/h5-7,14H,4,8-12H2,1-3H3/t14-,18-/m0/s1. The number of aryl methyl sites for hydroxylation is 1. The highest BCUT2D eigenvalue weighted by Crippen LogP contribution is 2.45. The van der Waals surface area contributed by atoms with Crippen LogP contribution in [0.3, 0.4) is 0 Å². The molecule has 2 aliphatic rings. The molecule has 0 radical (unpaired) electrons. The lowest BCUT2D eigenvalue weighted by Gasteiger charge is -2.25. The van der Waals surface area contributed by atoms with Crippen molar-refractivity contribution in [1.82, 2.24) is 24.3 Å². The minimum atomic E-state index is -3.27. The van der Waals surface area contributed by atoms with Gasteiger partial charge in [0.15, 0.2) is 5.82 Å². The predicted octanol–water partition coefficient (Wildman–Crippen LogP) is 0.817. The van der Waals surface area contributed by atoms with Crippen LogP contribution in [-0.4, -0.2) is 71.8 Å². The van der Waals surface area contributed by atoms with Gasteiger partial charge in [-0.1, -0.05) is 11.2 Å². The van der Waals surface area contributed by atoms with Gasteiger partial charge in [-0.15, -0.1) is 0 Å². The molecule has 2 fully saturated rings. The van der Waals surface area contributed by atoms with Crippen molar-refractivity contribution in [3.05, 3.63) is 35.6 Å².